The number of nitro groups is 1. The van der Waals surface area contributed by atoms with Crippen LogP contribution in [-0.2, 0) is 9.53 Å². The van der Waals surface area contributed by atoms with Crippen molar-refractivity contribution in [3.63, 3.8) is 0 Å². The van der Waals surface area contributed by atoms with Crippen LogP contribution in [0, 0.1) is 10.1 Å². The van der Waals surface area contributed by atoms with Crippen LogP contribution >= 0.6 is 11.3 Å². The second-order valence-electron chi connectivity index (χ2n) is 8.10. The number of nitro benzene ring substituents is 1. The lowest BCUT2D eigenvalue weighted by Crippen LogP contribution is -2.39. The van der Waals surface area contributed by atoms with Gasteiger partial charge < -0.3 is 9.15 Å². The van der Waals surface area contributed by atoms with E-state index in [-0.39, 0.29) is 23.4 Å². The minimum atomic E-state index is -0.932. The summed E-state index contributed by atoms with van der Waals surface area (Å²) in [6.45, 7) is 3.52. The molecule has 4 aromatic rings. The van der Waals surface area contributed by atoms with Gasteiger partial charge in [-0.25, -0.2) is 9.79 Å². The normalized spacial score (nSPS) is 15.3. The highest BCUT2D eigenvalue weighted by Gasteiger charge is 2.35. The molecule has 11 heteroatoms. The fourth-order valence-corrected chi connectivity index (χ4v) is 5.15. The molecule has 5 rings (SSSR count). The second-order valence-corrected chi connectivity index (χ2v) is 9.11. The van der Waals surface area contributed by atoms with Crippen LogP contribution in [-0.4, -0.2) is 27.1 Å². The lowest BCUT2D eigenvalue weighted by Gasteiger charge is -2.22. The average molecular weight is 517 g/mol. The molecule has 0 saturated heterocycles. The van der Waals surface area contributed by atoms with Crippen LogP contribution in [0.2, 0.25) is 0 Å². The Morgan fingerprint density at radius 1 is 1.27 bits per heavy atom. The van der Waals surface area contributed by atoms with Crippen LogP contribution < -0.4 is 14.9 Å². The van der Waals surface area contributed by atoms with Crippen LogP contribution in [0.4, 0.5) is 5.69 Å². The maximum Gasteiger partial charge on any atom is 0.338 e. The number of nitrogens with zero attached hydrogens (tertiary/aromatic N) is 4. The molecule has 37 heavy (non-hydrogen) atoms. The predicted octanol–water partition coefficient (Wildman–Crippen LogP) is 3.36. The van der Waals surface area contributed by atoms with Crippen LogP contribution in [0.3, 0.4) is 0 Å². The first-order chi connectivity index (χ1) is 17.9. The van der Waals surface area contributed by atoms with Crippen LogP contribution in [0.25, 0.3) is 17.4 Å². The van der Waals surface area contributed by atoms with Gasteiger partial charge in [0, 0.05) is 30.1 Å². The molecule has 1 aliphatic heterocycles. The number of esters is 1. The minimum absolute atomic E-state index is 0.0817. The average Bonchev–Trinajstić information content (AvgIpc) is 3.49. The number of allylic oxidation sites excluding steroid dienone is 1. The number of carbonyl (C=O) groups is 1. The van der Waals surface area contributed by atoms with Crippen LogP contribution in [0.1, 0.15) is 31.2 Å². The smallest absolute Gasteiger partial charge is 0.338 e. The zero-order chi connectivity index (χ0) is 26.1. The van der Waals surface area contributed by atoms with E-state index in [1.54, 1.807) is 62.6 Å². The van der Waals surface area contributed by atoms with Crippen molar-refractivity contribution in [2.24, 2.45) is 4.99 Å². The summed E-state index contributed by atoms with van der Waals surface area (Å²) in [5.41, 5.74) is 1.40. The van der Waals surface area contributed by atoms with Crippen molar-refractivity contribution in [2.75, 3.05) is 6.61 Å². The second kappa shape index (κ2) is 9.78. The molecule has 1 atom stereocenters. The fraction of sp³-hybridized carbons (Fsp3) is 0.154. The third kappa shape index (κ3) is 4.52. The van der Waals surface area contributed by atoms with Crippen molar-refractivity contribution < 1.29 is 18.9 Å². The lowest BCUT2D eigenvalue weighted by molar-refractivity contribution is -0.384. The number of rotatable bonds is 6. The van der Waals surface area contributed by atoms with Crippen molar-refractivity contribution >= 4 is 29.1 Å². The first kappa shape index (κ1) is 24.1. The Morgan fingerprint density at radius 2 is 2.11 bits per heavy atom. The largest absolute Gasteiger partial charge is 0.463 e. The molecule has 3 aromatic heterocycles. The summed E-state index contributed by atoms with van der Waals surface area (Å²) in [7, 11) is 0. The molecule has 0 bridgehead atoms. The highest BCUT2D eigenvalue weighted by Crippen LogP contribution is 2.34. The van der Waals surface area contributed by atoms with Gasteiger partial charge in [-0.15, -0.1) is 0 Å². The molecule has 0 unspecified atom stereocenters. The summed E-state index contributed by atoms with van der Waals surface area (Å²) in [6.07, 6.45) is 5.00. The molecule has 10 nitrogen and oxygen atoms in total. The van der Waals surface area contributed by atoms with E-state index in [9.17, 15) is 19.7 Å². The fourth-order valence-electron chi connectivity index (χ4n) is 4.10. The van der Waals surface area contributed by atoms with E-state index in [0.717, 1.165) is 5.56 Å². The molecular weight excluding hydrogens is 496 g/mol. The van der Waals surface area contributed by atoms with Crippen molar-refractivity contribution in [3.05, 3.63) is 113 Å². The molecule has 0 spiro atoms. The molecule has 4 heterocycles. The van der Waals surface area contributed by atoms with E-state index in [4.69, 9.17) is 9.15 Å². The topological polar surface area (TPSA) is 130 Å². The van der Waals surface area contributed by atoms with E-state index in [0.29, 0.717) is 32.1 Å². The number of pyridine rings is 1. The first-order valence-corrected chi connectivity index (χ1v) is 12.1. The third-order valence-electron chi connectivity index (χ3n) is 5.74. The zero-order valence-corrected chi connectivity index (χ0v) is 20.6. The molecule has 0 amide bonds. The summed E-state index contributed by atoms with van der Waals surface area (Å²) in [5.74, 6) is 0.0468. The van der Waals surface area contributed by atoms with Gasteiger partial charge in [-0.3, -0.25) is 24.5 Å². The summed E-state index contributed by atoms with van der Waals surface area (Å²) in [6, 6.07) is 12.0. The monoisotopic (exact) mass is 516 g/mol. The number of thiazole rings is 1. The van der Waals surface area contributed by atoms with Gasteiger partial charge >= 0.3 is 5.97 Å². The number of aromatic nitrogens is 2. The SMILES string of the molecule is CCOC(=O)C1=C(C)N=c2s/c(=C\c3cccnc3)c(=O)n2[C@H]1c1ccc(-c2cccc([N+](=O)[O-])c2)o1. The molecule has 0 aliphatic carbocycles. The first-order valence-electron chi connectivity index (χ1n) is 11.3. The Kier molecular flexibility index (Phi) is 6.36. The Hall–Kier alpha value is -4.64. The van der Waals surface area contributed by atoms with Crippen LogP contribution in [0.15, 0.2) is 86.4 Å². The van der Waals surface area contributed by atoms with Crippen molar-refractivity contribution in [1.29, 1.82) is 0 Å². The molecule has 0 saturated carbocycles. The number of hydrogen-bond acceptors (Lipinski definition) is 9. The number of furan rings is 1. The standard InChI is InChI=1S/C26H20N4O6S/c1-3-35-25(32)22-15(2)28-26-29(24(31)21(37-26)12-16-6-5-11-27-14-16)23(22)20-10-9-19(36-20)17-7-4-8-18(13-17)30(33)34/h4-14,23H,3H2,1-2H3/b21-12-/t23-/m0/s1. The number of benzene rings is 1. The Labute approximate surface area is 213 Å². The molecular formula is C26H20N4O6S. The molecule has 186 valence electrons. The van der Waals surface area contributed by atoms with Crippen LogP contribution in [0.5, 0.6) is 0 Å². The third-order valence-corrected chi connectivity index (χ3v) is 6.72. The van der Waals surface area contributed by atoms with Crippen molar-refractivity contribution in [2.45, 2.75) is 19.9 Å². The van der Waals surface area contributed by atoms with E-state index < -0.39 is 16.9 Å². The van der Waals surface area contributed by atoms with E-state index in [1.165, 1.54) is 28.0 Å². The van der Waals surface area contributed by atoms with Crippen molar-refractivity contribution in [1.82, 2.24) is 9.55 Å². The summed E-state index contributed by atoms with van der Waals surface area (Å²) in [5, 5.41) is 11.2. The van der Waals surface area contributed by atoms with Gasteiger partial charge in [-0.1, -0.05) is 29.5 Å². The van der Waals surface area contributed by atoms with Gasteiger partial charge in [-0.05, 0) is 43.7 Å². The Balaban J connectivity index is 1.68. The van der Waals surface area contributed by atoms with E-state index >= 15 is 0 Å². The number of fused-ring (bicyclic) bond motifs is 1. The van der Waals surface area contributed by atoms with Gasteiger partial charge in [0.05, 0.1) is 27.3 Å². The van der Waals surface area contributed by atoms with Gasteiger partial charge in [0.15, 0.2) is 4.80 Å². The van der Waals surface area contributed by atoms with Crippen molar-refractivity contribution in [3.8, 4) is 11.3 Å². The minimum Gasteiger partial charge on any atom is -0.463 e. The summed E-state index contributed by atoms with van der Waals surface area (Å²) >= 11 is 1.19. The maximum atomic E-state index is 13.6. The predicted molar refractivity (Wildman–Crippen MR) is 135 cm³/mol. The number of carbonyl (C=O) groups excluding carboxylic acids is 1. The quantitative estimate of drug-likeness (QED) is 0.218. The Morgan fingerprint density at radius 3 is 2.84 bits per heavy atom. The summed E-state index contributed by atoms with van der Waals surface area (Å²) < 4.78 is 13.2. The summed E-state index contributed by atoms with van der Waals surface area (Å²) in [4.78, 5) is 46.4. The van der Waals surface area contributed by atoms with Gasteiger partial charge in [0.2, 0.25) is 0 Å². The zero-order valence-electron chi connectivity index (χ0n) is 19.8. The maximum absolute atomic E-state index is 13.6. The molecule has 1 aromatic carbocycles. The molecule has 0 fully saturated rings. The van der Waals surface area contributed by atoms with Gasteiger partial charge in [0.1, 0.15) is 17.6 Å². The van der Waals surface area contributed by atoms with E-state index in [1.807, 2.05) is 6.07 Å². The highest BCUT2D eigenvalue weighted by molar-refractivity contribution is 7.07. The molecule has 0 radical (unpaired) electrons. The molecule has 0 N–H and O–H groups in total. The molecule has 1 aliphatic rings. The Bertz CT molecular complexity index is 1730. The number of hydrogen-bond donors (Lipinski definition) is 0. The highest BCUT2D eigenvalue weighted by atomic mass is 32.1. The number of non-ortho nitro benzene ring substituents is 1. The van der Waals surface area contributed by atoms with Gasteiger partial charge in [-0.2, -0.15) is 0 Å². The lowest BCUT2D eigenvalue weighted by atomic mass is 10.0. The van der Waals surface area contributed by atoms with Gasteiger partial charge in [0.25, 0.3) is 11.2 Å². The van der Waals surface area contributed by atoms with E-state index in [2.05, 4.69) is 9.98 Å². The number of ether oxygens (including phenoxy) is 1.